The average Bonchev–Trinajstić information content (AvgIpc) is 3.06. The van der Waals surface area contributed by atoms with Gasteiger partial charge in [0.05, 0.1) is 11.9 Å². The summed E-state index contributed by atoms with van der Waals surface area (Å²) >= 11 is 7.47. The zero-order chi connectivity index (χ0) is 18.0. The van der Waals surface area contributed by atoms with E-state index in [1.807, 2.05) is 5.38 Å². The SMILES string of the molecule is CS(=O)(=O)Nc1ccc(OC(=O)/C=C/c2c(Cl)nc3sccn23)cc1. The highest BCUT2D eigenvalue weighted by molar-refractivity contribution is 7.92. The molecule has 3 aromatic rings. The summed E-state index contributed by atoms with van der Waals surface area (Å²) in [4.78, 5) is 16.8. The topological polar surface area (TPSA) is 89.8 Å². The molecule has 0 saturated carbocycles. The number of carbonyl (C=O) groups is 1. The Hall–Kier alpha value is -2.36. The highest BCUT2D eigenvalue weighted by Crippen LogP contribution is 2.22. The van der Waals surface area contributed by atoms with Gasteiger partial charge < -0.3 is 4.74 Å². The fourth-order valence-electron chi connectivity index (χ4n) is 2.03. The number of hydrogen-bond acceptors (Lipinski definition) is 6. The molecular formula is C15H12ClN3O4S2. The summed E-state index contributed by atoms with van der Waals surface area (Å²) in [5, 5.41) is 2.16. The van der Waals surface area contributed by atoms with E-state index in [2.05, 4.69) is 9.71 Å². The molecule has 130 valence electrons. The van der Waals surface area contributed by atoms with Crippen molar-refractivity contribution < 1.29 is 17.9 Å². The molecule has 0 aliphatic heterocycles. The van der Waals surface area contributed by atoms with Gasteiger partial charge in [0, 0.05) is 23.3 Å². The van der Waals surface area contributed by atoms with Crippen molar-refractivity contribution in [3.63, 3.8) is 0 Å². The molecule has 0 bridgehead atoms. The van der Waals surface area contributed by atoms with Crippen molar-refractivity contribution in [2.75, 3.05) is 11.0 Å². The smallest absolute Gasteiger partial charge is 0.336 e. The van der Waals surface area contributed by atoms with Gasteiger partial charge in [-0.25, -0.2) is 18.2 Å². The lowest BCUT2D eigenvalue weighted by atomic mass is 10.3. The van der Waals surface area contributed by atoms with E-state index in [0.29, 0.717) is 16.5 Å². The van der Waals surface area contributed by atoms with E-state index in [-0.39, 0.29) is 5.75 Å². The number of anilines is 1. The van der Waals surface area contributed by atoms with Crippen LogP contribution in [0.1, 0.15) is 5.69 Å². The molecule has 0 radical (unpaired) electrons. The van der Waals surface area contributed by atoms with Crippen LogP contribution >= 0.6 is 22.9 Å². The highest BCUT2D eigenvalue weighted by Gasteiger charge is 2.09. The number of sulfonamides is 1. The van der Waals surface area contributed by atoms with Crippen molar-refractivity contribution in [2.24, 2.45) is 0 Å². The molecule has 0 atom stereocenters. The van der Waals surface area contributed by atoms with Crippen molar-refractivity contribution >= 4 is 55.7 Å². The van der Waals surface area contributed by atoms with Crippen molar-refractivity contribution in [3.05, 3.63) is 52.8 Å². The molecule has 3 rings (SSSR count). The number of rotatable bonds is 5. The normalized spacial score (nSPS) is 11.9. The van der Waals surface area contributed by atoms with E-state index in [1.54, 1.807) is 10.6 Å². The second kappa shape index (κ2) is 6.87. The molecule has 10 heteroatoms. The summed E-state index contributed by atoms with van der Waals surface area (Å²) in [6.07, 6.45) is 5.63. The van der Waals surface area contributed by atoms with Crippen LogP contribution in [0.3, 0.4) is 0 Å². The van der Waals surface area contributed by atoms with Crippen LogP contribution in [0.25, 0.3) is 11.0 Å². The summed E-state index contributed by atoms with van der Waals surface area (Å²) in [7, 11) is -3.35. The van der Waals surface area contributed by atoms with E-state index >= 15 is 0 Å². The van der Waals surface area contributed by atoms with Crippen LogP contribution < -0.4 is 9.46 Å². The van der Waals surface area contributed by atoms with Gasteiger partial charge in [0.25, 0.3) is 0 Å². The molecule has 0 aliphatic rings. The maximum absolute atomic E-state index is 11.9. The number of nitrogens with zero attached hydrogens (tertiary/aromatic N) is 2. The Morgan fingerprint density at radius 3 is 2.76 bits per heavy atom. The monoisotopic (exact) mass is 397 g/mol. The van der Waals surface area contributed by atoms with E-state index in [1.165, 1.54) is 47.8 Å². The van der Waals surface area contributed by atoms with Crippen LogP contribution in [0.2, 0.25) is 5.15 Å². The van der Waals surface area contributed by atoms with E-state index in [4.69, 9.17) is 16.3 Å². The minimum absolute atomic E-state index is 0.286. The predicted molar refractivity (Wildman–Crippen MR) is 97.7 cm³/mol. The van der Waals surface area contributed by atoms with Crippen LogP contribution in [-0.4, -0.2) is 30.0 Å². The summed E-state index contributed by atoms with van der Waals surface area (Å²) in [6.45, 7) is 0. The van der Waals surface area contributed by atoms with Gasteiger partial charge in [-0.2, -0.15) is 0 Å². The highest BCUT2D eigenvalue weighted by atomic mass is 35.5. The molecule has 2 heterocycles. The summed E-state index contributed by atoms with van der Waals surface area (Å²) in [6, 6.07) is 5.97. The lowest BCUT2D eigenvalue weighted by Gasteiger charge is -2.05. The minimum atomic E-state index is -3.35. The van der Waals surface area contributed by atoms with Gasteiger partial charge in [0.2, 0.25) is 10.0 Å². The molecule has 0 unspecified atom stereocenters. The number of halogens is 1. The molecule has 2 aromatic heterocycles. The second-order valence-corrected chi connectivity index (χ2v) is 7.98. The number of nitrogens with one attached hydrogen (secondary N) is 1. The maximum Gasteiger partial charge on any atom is 0.336 e. The van der Waals surface area contributed by atoms with Crippen LogP contribution in [0, 0.1) is 0 Å². The molecule has 7 nitrogen and oxygen atoms in total. The Bertz CT molecular complexity index is 1050. The largest absolute Gasteiger partial charge is 0.423 e. The first-order chi connectivity index (χ1) is 11.8. The molecular weight excluding hydrogens is 386 g/mol. The first-order valence-corrected chi connectivity index (χ1v) is 10.1. The van der Waals surface area contributed by atoms with Gasteiger partial charge >= 0.3 is 5.97 Å². The first-order valence-electron chi connectivity index (χ1n) is 6.90. The Labute approximate surface area is 152 Å². The predicted octanol–water partition coefficient (Wildman–Crippen LogP) is 3.04. The lowest BCUT2D eigenvalue weighted by molar-refractivity contribution is -0.128. The second-order valence-electron chi connectivity index (χ2n) is 5.00. The van der Waals surface area contributed by atoms with Crippen molar-refractivity contribution in [3.8, 4) is 5.75 Å². The number of ether oxygens (including phenoxy) is 1. The van der Waals surface area contributed by atoms with Crippen LogP contribution in [0.4, 0.5) is 5.69 Å². The van der Waals surface area contributed by atoms with E-state index in [0.717, 1.165) is 11.2 Å². The Morgan fingerprint density at radius 2 is 2.08 bits per heavy atom. The number of benzene rings is 1. The average molecular weight is 398 g/mol. The summed E-state index contributed by atoms with van der Waals surface area (Å²) in [5.41, 5.74) is 0.964. The van der Waals surface area contributed by atoms with Gasteiger partial charge in [-0.1, -0.05) is 11.6 Å². The van der Waals surface area contributed by atoms with Crippen LogP contribution in [0.5, 0.6) is 5.75 Å². The van der Waals surface area contributed by atoms with E-state index in [9.17, 15) is 13.2 Å². The lowest BCUT2D eigenvalue weighted by Crippen LogP contribution is -2.09. The molecule has 0 spiro atoms. The third-order valence-electron chi connectivity index (χ3n) is 3.01. The zero-order valence-electron chi connectivity index (χ0n) is 12.8. The Kier molecular flexibility index (Phi) is 4.80. The number of aromatic nitrogens is 2. The van der Waals surface area contributed by atoms with Crippen LogP contribution in [-0.2, 0) is 14.8 Å². The third-order valence-corrected chi connectivity index (χ3v) is 4.65. The fraction of sp³-hybridized carbons (Fsp3) is 0.0667. The maximum atomic E-state index is 11.9. The number of fused-ring (bicyclic) bond motifs is 1. The Morgan fingerprint density at radius 1 is 1.36 bits per heavy atom. The summed E-state index contributed by atoms with van der Waals surface area (Å²) < 4.78 is 31.5. The number of thiazole rings is 1. The van der Waals surface area contributed by atoms with Gasteiger partial charge in [-0.3, -0.25) is 9.12 Å². The minimum Gasteiger partial charge on any atom is -0.423 e. The number of carbonyl (C=O) groups excluding carboxylic acids is 1. The molecule has 1 aromatic carbocycles. The van der Waals surface area contributed by atoms with E-state index < -0.39 is 16.0 Å². The molecule has 0 aliphatic carbocycles. The van der Waals surface area contributed by atoms with Crippen molar-refractivity contribution in [2.45, 2.75) is 0 Å². The van der Waals surface area contributed by atoms with Gasteiger partial charge in [-0.15, -0.1) is 11.3 Å². The molecule has 0 saturated heterocycles. The molecule has 1 N–H and O–H groups in total. The third kappa shape index (κ3) is 4.38. The fourth-order valence-corrected chi connectivity index (χ4v) is 3.60. The quantitative estimate of drug-likeness (QED) is 0.406. The molecule has 0 amide bonds. The van der Waals surface area contributed by atoms with Gasteiger partial charge in [0.15, 0.2) is 10.1 Å². The first kappa shape index (κ1) is 17.5. The van der Waals surface area contributed by atoms with Crippen molar-refractivity contribution in [1.82, 2.24) is 9.38 Å². The number of esters is 1. The molecule has 0 fully saturated rings. The number of imidazole rings is 1. The zero-order valence-corrected chi connectivity index (χ0v) is 15.2. The molecule has 25 heavy (non-hydrogen) atoms. The van der Waals surface area contributed by atoms with Crippen molar-refractivity contribution in [1.29, 1.82) is 0 Å². The van der Waals surface area contributed by atoms with Gasteiger partial charge in [0.1, 0.15) is 5.75 Å². The summed E-state index contributed by atoms with van der Waals surface area (Å²) in [5.74, 6) is -0.307. The number of hydrogen-bond donors (Lipinski definition) is 1. The van der Waals surface area contributed by atoms with Crippen LogP contribution in [0.15, 0.2) is 41.9 Å². The van der Waals surface area contributed by atoms with Gasteiger partial charge in [-0.05, 0) is 30.3 Å². The standard InChI is InChI=1S/C15H12ClN3O4S2/c1-25(21,22)18-10-2-4-11(5-3-10)23-13(20)7-6-12-14(16)17-15-19(12)8-9-24-15/h2-9,18H,1H3/b7-6+. The Balaban J connectivity index is 1.68.